The highest BCUT2D eigenvalue weighted by atomic mass is 16.5. The number of amides is 2. The maximum absolute atomic E-state index is 12.6. The van der Waals surface area contributed by atoms with E-state index < -0.39 is 0 Å². The van der Waals surface area contributed by atoms with Gasteiger partial charge in [0.15, 0.2) is 0 Å². The molecule has 1 saturated carbocycles. The number of carbonyl (C=O) groups excluding carboxylic acids is 2. The molecule has 4 rings (SSSR count). The van der Waals surface area contributed by atoms with Crippen molar-refractivity contribution in [1.82, 2.24) is 5.32 Å². The molecule has 0 saturated heterocycles. The topological polar surface area (TPSA) is 67.4 Å². The Kier molecular flexibility index (Phi) is 7.75. The minimum absolute atomic E-state index is 0.146. The van der Waals surface area contributed by atoms with Gasteiger partial charge in [-0.3, -0.25) is 9.59 Å². The van der Waals surface area contributed by atoms with E-state index in [0.29, 0.717) is 24.4 Å². The highest BCUT2D eigenvalue weighted by Gasteiger charge is 2.20. The van der Waals surface area contributed by atoms with Crippen LogP contribution in [0, 0.1) is 5.92 Å². The summed E-state index contributed by atoms with van der Waals surface area (Å²) in [4.78, 5) is 24.9. The van der Waals surface area contributed by atoms with Crippen LogP contribution in [0.1, 0.15) is 53.6 Å². The van der Waals surface area contributed by atoms with Crippen LogP contribution in [0.25, 0.3) is 0 Å². The summed E-state index contributed by atoms with van der Waals surface area (Å²) < 4.78 is 5.79. The molecule has 5 nitrogen and oxygen atoms in total. The van der Waals surface area contributed by atoms with Crippen LogP contribution < -0.4 is 15.4 Å². The molecule has 0 unspecified atom stereocenters. The van der Waals surface area contributed by atoms with E-state index in [1.54, 1.807) is 12.1 Å². The molecular weight excluding hydrogens is 412 g/mol. The van der Waals surface area contributed by atoms with E-state index in [1.807, 2.05) is 66.7 Å². The second-order valence-electron chi connectivity index (χ2n) is 8.50. The molecule has 5 heteroatoms. The van der Waals surface area contributed by atoms with Gasteiger partial charge in [-0.25, -0.2) is 0 Å². The number of rotatable bonds is 8. The number of anilines is 1. The minimum Gasteiger partial charge on any atom is -0.489 e. The SMILES string of the molecule is O=C(Nc1ccc(OCc2ccccc2)cc1)c1ccc(CNC(=O)C2CCCCC2)cc1. The van der Waals surface area contributed by atoms with Gasteiger partial charge in [-0.2, -0.15) is 0 Å². The molecule has 0 spiro atoms. The van der Waals surface area contributed by atoms with Gasteiger partial charge >= 0.3 is 0 Å². The molecule has 3 aromatic rings. The van der Waals surface area contributed by atoms with Gasteiger partial charge in [0.1, 0.15) is 12.4 Å². The number of ether oxygens (including phenoxy) is 1. The van der Waals surface area contributed by atoms with Crippen LogP contribution in [-0.2, 0) is 17.9 Å². The van der Waals surface area contributed by atoms with Crippen molar-refractivity contribution >= 4 is 17.5 Å². The van der Waals surface area contributed by atoms with Crippen LogP contribution in [0.2, 0.25) is 0 Å². The third-order valence-corrected chi connectivity index (χ3v) is 6.02. The second kappa shape index (κ2) is 11.3. The fourth-order valence-electron chi connectivity index (χ4n) is 4.05. The van der Waals surface area contributed by atoms with Gasteiger partial charge in [0.2, 0.25) is 5.91 Å². The normalized spacial score (nSPS) is 13.8. The van der Waals surface area contributed by atoms with Crippen molar-refractivity contribution in [1.29, 1.82) is 0 Å². The van der Waals surface area contributed by atoms with Crippen LogP contribution in [0.3, 0.4) is 0 Å². The predicted molar refractivity (Wildman–Crippen MR) is 130 cm³/mol. The lowest BCUT2D eigenvalue weighted by Crippen LogP contribution is -2.31. The van der Waals surface area contributed by atoms with Gasteiger partial charge in [-0.05, 0) is 60.4 Å². The van der Waals surface area contributed by atoms with Crippen molar-refractivity contribution in [2.24, 2.45) is 5.92 Å². The van der Waals surface area contributed by atoms with Gasteiger partial charge in [0.05, 0.1) is 0 Å². The zero-order valence-corrected chi connectivity index (χ0v) is 18.8. The lowest BCUT2D eigenvalue weighted by molar-refractivity contribution is -0.126. The lowest BCUT2D eigenvalue weighted by atomic mass is 9.88. The molecule has 0 aromatic heterocycles. The van der Waals surface area contributed by atoms with Gasteiger partial charge in [0, 0.05) is 23.7 Å². The fraction of sp³-hybridized carbons (Fsp3) is 0.286. The van der Waals surface area contributed by atoms with E-state index in [-0.39, 0.29) is 17.7 Å². The van der Waals surface area contributed by atoms with Gasteiger partial charge in [-0.1, -0.05) is 61.7 Å². The summed E-state index contributed by atoms with van der Waals surface area (Å²) in [6.45, 7) is 0.988. The average Bonchev–Trinajstić information content (AvgIpc) is 2.88. The average molecular weight is 443 g/mol. The Morgan fingerprint density at radius 2 is 1.48 bits per heavy atom. The summed E-state index contributed by atoms with van der Waals surface area (Å²) in [5, 5.41) is 5.94. The summed E-state index contributed by atoms with van der Waals surface area (Å²) in [6, 6.07) is 24.7. The standard InChI is InChI=1S/C28H30N2O3/c31-27(23-9-5-2-6-10-23)29-19-21-11-13-24(14-12-21)28(32)30-25-15-17-26(18-16-25)33-20-22-7-3-1-4-8-22/h1,3-4,7-8,11-18,23H,2,5-6,9-10,19-20H2,(H,29,31)(H,30,32). The van der Waals surface area contributed by atoms with E-state index >= 15 is 0 Å². The fourth-order valence-corrected chi connectivity index (χ4v) is 4.05. The van der Waals surface area contributed by atoms with Crippen LogP contribution in [0.5, 0.6) is 5.75 Å². The van der Waals surface area contributed by atoms with E-state index in [4.69, 9.17) is 4.74 Å². The van der Waals surface area contributed by atoms with Crippen molar-refractivity contribution in [2.45, 2.75) is 45.3 Å². The molecular formula is C28H30N2O3. The largest absolute Gasteiger partial charge is 0.489 e. The summed E-state index contributed by atoms with van der Waals surface area (Å²) in [5.41, 5.74) is 3.36. The van der Waals surface area contributed by atoms with Crippen molar-refractivity contribution < 1.29 is 14.3 Å². The zero-order chi connectivity index (χ0) is 22.9. The monoisotopic (exact) mass is 442 g/mol. The van der Waals surface area contributed by atoms with Crippen molar-refractivity contribution in [2.75, 3.05) is 5.32 Å². The molecule has 1 fully saturated rings. The van der Waals surface area contributed by atoms with Gasteiger partial charge < -0.3 is 15.4 Å². The number of benzene rings is 3. The molecule has 0 heterocycles. The first kappa shape index (κ1) is 22.6. The molecule has 33 heavy (non-hydrogen) atoms. The predicted octanol–water partition coefficient (Wildman–Crippen LogP) is 5.71. The quantitative estimate of drug-likeness (QED) is 0.469. The van der Waals surface area contributed by atoms with E-state index in [1.165, 1.54) is 6.42 Å². The van der Waals surface area contributed by atoms with E-state index in [0.717, 1.165) is 42.6 Å². The Balaban J connectivity index is 1.24. The number of hydrogen-bond acceptors (Lipinski definition) is 3. The molecule has 0 radical (unpaired) electrons. The summed E-state index contributed by atoms with van der Waals surface area (Å²) in [5.74, 6) is 0.869. The summed E-state index contributed by atoms with van der Waals surface area (Å²) >= 11 is 0. The molecule has 0 bridgehead atoms. The van der Waals surface area contributed by atoms with Crippen LogP contribution in [-0.4, -0.2) is 11.8 Å². The highest BCUT2D eigenvalue weighted by Crippen LogP contribution is 2.23. The molecule has 3 aromatic carbocycles. The molecule has 0 aliphatic heterocycles. The Morgan fingerprint density at radius 3 is 2.18 bits per heavy atom. The molecule has 0 atom stereocenters. The highest BCUT2D eigenvalue weighted by molar-refractivity contribution is 6.04. The zero-order valence-electron chi connectivity index (χ0n) is 18.8. The van der Waals surface area contributed by atoms with Crippen molar-refractivity contribution in [3.05, 3.63) is 95.6 Å². The maximum Gasteiger partial charge on any atom is 0.255 e. The molecule has 2 N–H and O–H groups in total. The van der Waals surface area contributed by atoms with Crippen LogP contribution >= 0.6 is 0 Å². The molecule has 170 valence electrons. The first-order chi connectivity index (χ1) is 16.2. The van der Waals surface area contributed by atoms with E-state index in [9.17, 15) is 9.59 Å². The van der Waals surface area contributed by atoms with Gasteiger partial charge in [0.25, 0.3) is 5.91 Å². The third-order valence-electron chi connectivity index (χ3n) is 6.02. The Hall–Kier alpha value is -3.60. The Bertz CT molecular complexity index is 1040. The smallest absolute Gasteiger partial charge is 0.255 e. The van der Waals surface area contributed by atoms with Crippen LogP contribution in [0.15, 0.2) is 78.9 Å². The second-order valence-corrected chi connectivity index (χ2v) is 8.50. The van der Waals surface area contributed by atoms with Crippen molar-refractivity contribution in [3.8, 4) is 5.75 Å². The summed E-state index contributed by atoms with van der Waals surface area (Å²) in [6.07, 6.45) is 5.51. The number of carbonyl (C=O) groups is 2. The third kappa shape index (κ3) is 6.69. The Labute approximate surface area is 195 Å². The molecule has 2 amide bonds. The lowest BCUT2D eigenvalue weighted by Gasteiger charge is -2.20. The van der Waals surface area contributed by atoms with Crippen molar-refractivity contribution in [3.63, 3.8) is 0 Å². The minimum atomic E-state index is -0.175. The first-order valence-corrected chi connectivity index (χ1v) is 11.6. The Morgan fingerprint density at radius 1 is 0.788 bits per heavy atom. The first-order valence-electron chi connectivity index (χ1n) is 11.6. The summed E-state index contributed by atoms with van der Waals surface area (Å²) in [7, 11) is 0. The van der Waals surface area contributed by atoms with E-state index in [2.05, 4.69) is 10.6 Å². The van der Waals surface area contributed by atoms with Gasteiger partial charge in [-0.15, -0.1) is 0 Å². The maximum atomic E-state index is 12.6. The molecule has 1 aliphatic rings. The number of nitrogens with one attached hydrogen (secondary N) is 2. The number of hydrogen-bond donors (Lipinski definition) is 2. The van der Waals surface area contributed by atoms with Crippen LogP contribution in [0.4, 0.5) is 5.69 Å². The molecule has 1 aliphatic carbocycles.